The SMILES string of the molecule is C=C(/C(C)=C(C)/N=C\C)N(C)C(C)C. The standard InChI is InChI=1S/C12H22N2/c1-8-13-11(5)10(4)12(6)14(7)9(2)3/h8-9H,6H2,1-5,7H3/b11-10+,13-8-. The predicted octanol–water partition coefficient (Wildman–Crippen LogP) is 3.22. The molecular weight excluding hydrogens is 172 g/mol. The van der Waals surface area contributed by atoms with E-state index in [2.05, 4.69) is 44.3 Å². The monoisotopic (exact) mass is 194 g/mol. The average Bonchev–Trinajstić information content (AvgIpc) is 2.14. The van der Waals surface area contributed by atoms with Gasteiger partial charge in [-0.2, -0.15) is 0 Å². The topological polar surface area (TPSA) is 15.6 Å². The summed E-state index contributed by atoms with van der Waals surface area (Å²) in [7, 11) is 2.06. The first-order valence-electron chi connectivity index (χ1n) is 5.00. The second kappa shape index (κ2) is 5.63. The number of aliphatic imine (C=N–C) groups is 1. The molecule has 2 nitrogen and oxygen atoms in total. The fourth-order valence-corrected chi connectivity index (χ4v) is 1.08. The minimum atomic E-state index is 0.468. The van der Waals surface area contributed by atoms with Crippen molar-refractivity contribution in [3.63, 3.8) is 0 Å². The zero-order valence-corrected chi connectivity index (χ0v) is 10.3. The van der Waals surface area contributed by atoms with Crippen LogP contribution in [0.1, 0.15) is 34.6 Å². The number of hydrogen-bond acceptors (Lipinski definition) is 2. The van der Waals surface area contributed by atoms with Crippen molar-refractivity contribution in [1.82, 2.24) is 4.90 Å². The van der Waals surface area contributed by atoms with Crippen LogP contribution in [0, 0.1) is 0 Å². The van der Waals surface area contributed by atoms with E-state index in [1.54, 1.807) is 0 Å². The van der Waals surface area contributed by atoms with Gasteiger partial charge < -0.3 is 4.90 Å². The third-order valence-electron chi connectivity index (χ3n) is 2.50. The Balaban J connectivity index is 4.78. The first-order chi connectivity index (χ1) is 6.41. The molecule has 2 heteroatoms. The van der Waals surface area contributed by atoms with Crippen LogP contribution in [0.3, 0.4) is 0 Å². The molecule has 0 radical (unpaired) electrons. The van der Waals surface area contributed by atoms with Crippen molar-refractivity contribution in [3.8, 4) is 0 Å². The Kier molecular flexibility index (Phi) is 5.21. The van der Waals surface area contributed by atoms with E-state index in [1.807, 2.05) is 20.1 Å². The smallest absolute Gasteiger partial charge is 0.0418 e. The highest BCUT2D eigenvalue weighted by Gasteiger charge is 2.08. The molecule has 0 unspecified atom stereocenters. The number of allylic oxidation sites excluding steroid dienone is 2. The van der Waals surface area contributed by atoms with Crippen LogP contribution in [0.5, 0.6) is 0 Å². The Hall–Kier alpha value is -1.05. The van der Waals surface area contributed by atoms with Crippen molar-refractivity contribution < 1.29 is 0 Å². The van der Waals surface area contributed by atoms with Gasteiger partial charge in [0.25, 0.3) is 0 Å². The predicted molar refractivity (Wildman–Crippen MR) is 64.6 cm³/mol. The highest BCUT2D eigenvalue weighted by molar-refractivity contribution is 5.55. The molecule has 0 aromatic heterocycles. The summed E-state index contributed by atoms with van der Waals surface area (Å²) in [6.07, 6.45) is 1.81. The van der Waals surface area contributed by atoms with Crippen molar-refractivity contribution in [3.05, 3.63) is 23.5 Å². The molecule has 14 heavy (non-hydrogen) atoms. The molecule has 0 N–H and O–H groups in total. The summed E-state index contributed by atoms with van der Waals surface area (Å²) in [6, 6.07) is 0.468. The quantitative estimate of drug-likeness (QED) is 0.495. The highest BCUT2D eigenvalue weighted by Crippen LogP contribution is 2.17. The third kappa shape index (κ3) is 3.36. The molecule has 0 bridgehead atoms. The third-order valence-corrected chi connectivity index (χ3v) is 2.50. The largest absolute Gasteiger partial charge is 0.372 e. The van der Waals surface area contributed by atoms with Crippen LogP contribution in [-0.2, 0) is 0 Å². The van der Waals surface area contributed by atoms with Crippen LogP contribution in [0.2, 0.25) is 0 Å². The molecule has 0 aromatic rings. The number of hydrogen-bond donors (Lipinski definition) is 0. The number of nitrogens with zero attached hydrogens (tertiary/aromatic N) is 2. The summed E-state index contributed by atoms with van der Waals surface area (Å²) in [5.41, 5.74) is 3.23. The summed E-state index contributed by atoms with van der Waals surface area (Å²) in [4.78, 5) is 6.41. The van der Waals surface area contributed by atoms with Gasteiger partial charge in [0.1, 0.15) is 0 Å². The number of likely N-dealkylation sites (N-methyl/N-ethyl adjacent to an activating group) is 1. The fraction of sp³-hybridized carbons (Fsp3) is 0.583. The summed E-state index contributed by atoms with van der Waals surface area (Å²) in [5.74, 6) is 0. The van der Waals surface area contributed by atoms with Crippen LogP contribution in [0.15, 0.2) is 28.5 Å². The van der Waals surface area contributed by atoms with Gasteiger partial charge in [-0.15, -0.1) is 0 Å². The normalized spacial score (nSPS) is 13.4. The molecule has 0 fully saturated rings. The Bertz CT molecular complexity index is 259. The maximum absolute atomic E-state index is 4.25. The Labute approximate surface area is 88.0 Å². The molecule has 0 heterocycles. The molecule has 0 amide bonds. The summed E-state index contributed by atoms with van der Waals surface area (Å²) >= 11 is 0. The van der Waals surface area contributed by atoms with Gasteiger partial charge in [-0.05, 0) is 40.2 Å². The van der Waals surface area contributed by atoms with E-state index in [1.165, 1.54) is 0 Å². The fourth-order valence-electron chi connectivity index (χ4n) is 1.08. The molecular formula is C12H22N2. The van der Waals surface area contributed by atoms with Gasteiger partial charge in [-0.1, -0.05) is 6.58 Å². The second-order valence-corrected chi connectivity index (χ2v) is 3.75. The molecule has 80 valence electrons. The molecule has 0 aliphatic heterocycles. The molecule has 0 aromatic carbocycles. The molecule has 0 saturated heterocycles. The van der Waals surface area contributed by atoms with E-state index in [0.29, 0.717) is 6.04 Å². The van der Waals surface area contributed by atoms with E-state index in [4.69, 9.17) is 0 Å². The zero-order valence-electron chi connectivity index (χ0n) is 10.3. The zero-order chi connectivity index (χ0) is 11.3. The van der Waals surface area contributed by atoms with Crippen molar-refractivity contribution in [2.75, 3.05) is 7.05 Å². The van der Waals surface area contributed by atoms with E-state index in [-0.39, 0.29) is 0 Å². The van der Waals surface area contributed by atoms with E-state index in [0.717, 1.165) is 17.0 Å². The summed E-state index contributed by atoms with van der Waals surface area (Å²) < 4.78 is 0. The Morgan fingerprint density at radius 3 is 2.21 bits per heavy atom. The van der Waals surface area contributed by atoms with Crippen molar-refractivity contribution in [1.29, 1.82) is 0 Å². The van der Waals surface area contributed by atoms with Gasteiger partial charge in [-0.3, -0.25) is 4.99 Å². The number of rotatable bonds is 4. The van der Waals surface area contributed by atoms with Crippen LogP contribution < -0.4 is 0 Å². The van der Waals surface area contributed by atoms with Crippen LogP contribution in [0.25, 0.3) is 0 Å². The maximum atomic E-state index is 4.25. The van der Waals surface area contributed by atoms with Crippen molar-refractivity contribution in [2.24, 2.45) is 4.99 Å². The molecule has 0 atom stereocenters. The Morgan fingerprint density at radius 2 is 1.86 bits per heavy atom. The van der Waals surface area contributed by atoms with E-state index in [9.17, 15) is 0 Å². The lowest BCUT2D eigenvalue weighted by Crippen LogP contribution is -2.25. The Morgan fingerprint density at radius 1 is 1.36 bits per heavy atom. The van der Waals surface area contributed by atoms with Gasteiger partial charge in [0.05, 0.1) is 0 Å². The van der Waals surface area contributed by atoms with Crippen LogP contribution >= 0.6 is 0 Å². The summed E-state index contributed by atoms with van der Waals surface area (Å²) in [6.45, 7) is 14.4. The minimum absolute atomic E-state index is 0.468. The first-order valence-corrected chi connectivity index (χ1v) is 5.00. The van der Waals surface area contributed by atoms with Crippen molar-refractivity contribution >= 4 is 6.21 Å². The molecule has 0 rings (SSSR count). The van der Waals surface area contributed by atoms with Crippen molar-refractivity contribution in [2.45, 2.75) is 40.7 Å². The van der Waals surface area contributed by atoms with Gasteiger partial charge in [-0.25, -0.2) is 0 Å². The van der Waals surface area contributed by atoms with E-state index >= 15 is 0 Å². The lowest BCUT2D eigenvalue weighted by Gasteiger charge is -2.26. The molecule has 0 aliphatic carbocycles. The van der Waals surface area contributed by atoms with Gasteiger partial charge in [0.15, 0.2) is 0 Å². The molecule has 0 saturated carbocycles. The average molecular weight is 194 g/mol. The molecule has 0 aliphatic rings. The maximum Gasteiger partial charge on any atom is 0.0418 e. The van der Waals surface area contributed by atoms with Crippen LogP contribution in [-0.4, -0.2) is 24.2 Å². The first kappa shape index (κ1) is 12.9. The van der Waals surface area contributed by atoms with Gasteiger partial charge in [0.2, 0.25) is 0 Å². The van der Waals surface area contributed by atoms with Gasteiger partial charge in [0, 0.05) is 30.7 Å². The molecule has 0 spiro atoms. The lowest BCUT2D eigenvalue weighted by atomic mass is 10.1. The highest BCUT2D eigenvalue weighted by atomic mass is 15.1. The van der Waals surface area contributed by atoms with Crippen LogP contribution in [0.4, 0.5) is 0 Å². The second-order valence-electron chi connectivity index (χ2n) is 3.75. The van der Waals surface area contributed by atoms with Gasteiger partial charge >= 0.3 is 0 Å². The summed E-state index contributed by atoms with van der Waals surface area (Å²) in [5, 5.41) is 0. The lowest BCUT2D eigenvalue weighted by molar-refractivity contribution is 0.351. The minimum Gasteiger partial charge on any atom is -0.372 e. The van der Waals surface area contributed by atoms with E-state index < -0.39 is 0 Å².